The lowest BCUT2D eigenvalue weighted by Gasteiger charge is -2.25. The SMILES string of the molecule is CCNCc1ccc(N(C)C2CCOC2)cc1. The fourth-order valence-corrected chi connectivity index (χ4v) is 2.16. The van der Waals surface area contributed by atoms with Gasteiger partial charge in [-0.3, -0.25) is 0 Å². The molecule has 1 unspecified atom stereocenters. The zero-order valence-electron chi connectivity index (χ0n) is 10.8. The number of nitrogens with one attached hydrogen (secondary N) is 1. The summed E-state index contributed by atoms with van der Waals surface area (Å²) in [6.45, 7) is 5.85. The van der Waals surface area contributed by atoms with Gasteiger partial charge in [-0.2, -0.15) is 0 Å². The molecule has 3 nitrogen and oxygen atoms in total. The molecule has 94 valence electrons. The second-order valence-corrected chi connectivity index (χ2v) is 4.58. The molecular formula is C14H22N2O. The highest BCUT2D eigenvalue weighted by atomic mass is 16.5. The molecule has 0 saturated carbocycles. The van der Waals surface area contributed by atoms with Crippen LogP contribution < -0.4 is 10.2 Å². The van der Waals surface area contributed by atoms with E-state index in [1.165, 1.54) is 11.3 Å². The third-order valence-corrected chi connectivity index (χ3v) is 3.38. The van der Waals surface area contributed by atoms with Crippen LogP contribution in [-0.2, 0) is 11.3 Å². The molecule has 1 fully saturated rings. The zero-order chi connectivity index (χ0) is 12.1. The van der Waals surface area contributed by atoms with Crippen LogP contribution in [0.5, 0.6) is 0 Å². The zero-order valence-corrected chi connectivity index (χ0v) is 10.8. The number of benzene rings is 1. The van der Waals surface area contributed by atoms with Crippen molar-refractivity contribution >= 4 is 5.69 Å². The molecule has 0 spiro atoms. The minimum absolute atomic E-state index is 0.537. The molecule has 1 aliphatic heterocycles. The summed E-state index contributed by atoms with van der Waals surface area (Å²) in [6.07, 6.45) is 1.13. The number of rotatable bonds is 5. The quantitative estimate of drug-likeness (QED) is 0.843. The van der Waals surface area contributed by atoms with Gasteiger partial charge >= 0.3 is 0 Å². The lowest BCUT2D eigenvalue weighted by atomic mass is 10.1. The number of likely N-dealkylation sites (N-methyl/N-ethyl adjacent to an activating group) is 1. The van der Waals surface area contributed by atoms with E-state index >= 15 is 0 Å². The van der Waals surface area contributed by atoms with Gasteiger partial charge in [0.15, 0.2) is 0 Å². The summed E-state index contributed by atoms with van der Waals surface area (Å²) >= 11 is 0. The first-order chi connectivity index (χ1) is 8.31. The maximum atomic E-state index is 5.42. The summed E-state index contributed by atoms with van der Waals surface area (Å²) in [5.74, 6) is 0. The van der Waals surface area contributed by atoms with Crippen LogP contribution in [0.4, 0.5) is 5.69 Å². The summed E-state index contributed by atoms with van der Waals surface area (Å²) in [4.78, 5) is 2.32. The van der Waals surface area contributed by atoms with E-state index in [1.54, 1.807) is 0 Å². The van der Waals surface area contributed by atoms with Crippen molar-refractivity contribution in [1.82, 2.24) is 5.32 Å². The average molecular weight is 234 g/mol. The lowest BCUT2D eigenvalue weighted by molar-refractivity contribution is 0.193. The van der Waals surface area contributed by atoms with Crippen molar-refractivity contribution in [3.63, 3.8) is 0 Å². The Balaban J connectivity index is 1.96. The Morgan fingerprint density at radius 2 is 2.12 bits per heavy atom. The molecule has 0 aromatic heterocycles. The molecule has 1 aromatic carbocycles. The summed E-state index contributed by atoms with van der Waals surface area (Å²) in [6, 6.07) is 9.33. The van der Waals surface area contributed by atoms with Crippen LogP contribution in [0.25, 0.3) is 0 Å². The molecule has 1 aromatic rings. The van der Waals surface area contributed by atoms with Crippen LogP contribution in [-0.4, -0.2) is 32.8 Å². The summed E-state index contributed by atoms with van der Waals surface area (Å²) in [5, 5.41) is 3.33. The maximum absolute atomic E-state index is 5.42. The Morgan fingerprint density at radius 1 is 1.35 bits per heavy atom. The van der Waals surface area contributed by atoms with Gasteiger partial charge in [-0.05, 0) is 30.7 Å². The van der Waals surface area contributed by atoms with Crippen molar-refractivity contribution in [2.45, 2.75) is 25.9 Å². The van der Waals surface area contributed by atoms with E-state index in [-0.39, 0.29) is 0 Å². The number of hydrogen-bond donors (Lipinski definition) is 1. The van der Waals surface area contributed by atoms with Gasteiger partial charge in [0.1, 0.15) is 0 Å². The maximum Gasteiger partial charge on any atom is 0.0670 e. The number of hydrogen-bond acceptors (Lipinski definition) is 3. The normalized spacial score (nSPS) is 19.5. The van der Waals surface area contributed by atoms with E-state index in [4.69, 9.17) is 4.74 Å². The molecule has 0 amide bonds. The van der Waals surface area contributed by atoms with Crippen LogP contribution in [0.1, 0.15) is 18.9 Å². The molecular weight excluding hydrogens is 212 g/mol. The Kier molecular flexibility index (Phi) is 4.40. The Morgan fingerprint density at radius 3 is 2.71 bits per heavy atom. The highest BCUT2D eigenvalue weighted by Gasteiger charge is 2.20. The van der Waals surface area contributed by atoms with Crippen LogP contribution >= 0.6 is 0 Å². The first-order valence-corrected chi connectivity index (χ1v) is 6.41. The van der Waals surface area contributed by atoms with Crippen molar-refractivity contribution in [2.75, 3.05) is 31.7 Å². The molecule has 1 N–H and O–H groups in total. The number of nitrogens with zero attached hydrogens (tertiary/aromatic N) is 1. The van der Waals surface area contributed by atoms with Gasteiger partial charge in [0.05, 0.1) is 12.6 Å². The minimum Gasteiger partial charge on any atom is -0.379 e. The van der Waals surface area contributed by atoms with Crippen molar-refractivity contribution in [2.24, 2.45) is 0 Å². The molecule has 0 bridgehead atoms. The first kappa shape index (κ1) is 12.4. The first-order valence-electron chi connectivity index (χ1n) is 6.41. The van der Waals surface area contributed by atoms with Crippen LogP contribution in [0.2, 0.25) is 0 Å². The molecule has 1 atom stereocenters. The molecule has 3 heteroatoms. The van der Waals surface area contributed by atoms with Gasteiger partial charge < -0.3 is 15.0 Å². The van der Waals surface area contributed by atoms with Crippen LogP contribution in [0, 0.1) is 0 Å². The van der Waals surface area contributed by atoms with Gasteiger partial charge in [-0.25, -0.2) is 0 Å². The fraction of sp³-hybridized carbons (Fsp3) is 0.571. The predicted molar refractivity (Wildman–Crippen MR) is 71.4 cm³/mol. The molecule has 1 heterocycles. The van der Waals surface area contributed by atoms with E-state index < -0.39 is 0 Å². The third kappa shape index (κ3) is 3.20. The topological polar surface area (TPSA) is 24.5 Å². The highest BCUT2D eigenvalue weighted by Crippen LogP contribution is 2.20. The summed E-state index contributed by atoms with van der Waals surface area (Å²) < 4.78 is 5.42. The molecule has 1 saturated heterocycles. The largest absolute Gasteiger partial charge is 0.379 e. The van der Waals surface area contributed by atoms with E-state index in [1.807, 2.05) is 0 Å². The molecule has 0 aliphatic carbocycles. The standard InChI is InChI=1S/C14H22N2O/c1-3-15-10-12-4-6-13(7-5-12)16(2)14-8-9-17-11-14/h4-7,14-15H,3,8-11H2,1-2H3. The Hall–Kier alpha value is -1.06. The number of anilines is 1. The Labute approximate surface area is 104 Å². The van der Waals surface area contributed by atoms with Crippen molar-refractivity contribution in [1.29, 1.82) is 0 Å². The molecule has 2 rings (SSSR count). The smallest absolute Gasteiger partial charge is 0.0670 e. The van der Waals surface area contributed by atoms with E-state index in [9.17, 15) is 0 Å². The highest BCUT2D eigenvalue weighted by molar-refractivity contribution is 5.48. The second-order valence-electron chi connectivity index (χ2n) is 4.58. The summed E-state index contributed by atoms with van der Waals surface area (Å²) in [5.41, 5.74) is 2.62. The van der Waals surface area contributed by atoms with Gasteiger partial charge in [0, 0.05) is 25.9 Å². The minimum atomic E-state index is 0.537. The Bertz CT molecular complexity index is 331. The van der Waals surface area contributed by atoms with E-state index in [0.29, 0.717) is 6.04 Å². The van der Waals surface area contributed by atoms with Crippen LogP contribution in [0.3, 0.4) is 0 Å². The van der Waals surface area contributed by atoms with Crippen molar-refractivity contribution in [3.8, 4) is 0 Å². The fourth-order valence-electron chi connectivity index (χ4n) is 2.16. The average Bonchev–Trinajstić information content (AvgIpc) is 2.90. The van der Waals surface area contributed by atoms with Gasteiger partial charge in [-0.1, -0.05) is 19.1 Å². The van der Waals surface area contributed by atoms with Crippen LogP contribution in [0.15, 0.2) is 24.3 Å². The molecule has 0 radical (unpaired) electrons. The molecule has 17 heavy (non-hydrogen) atoms. The van der Waals surface area contributed by atoms with E-state index in [2.05, 4.69) is 48.5 Å². The summed E-state index contributed by atoms with van der Waals surface area (Å²) in [7, 11) is 2.15. The van der Waals surface area contributed by atoms with Gasteiger partial charge in [0.2, 0.25) is 0 Å². The van der Waals surface area contributed by atoms with Crippen molar-refractivity contribution < 1.29 is 4.74 Å². The second kappa shape index (κ2) is 6.03. The van der Waals surface area contributed by atoms with Gasteiger partial charge in [-0.15, -0.1) is 0 Å². The monoisotopic (exact) mass is 234 g/mol. The van der Waals surface area contributed by atoms with Gasteiger partial charge in [0.25, 0.3) is 0 Å². The third-order valence-electron chi connectivity index (χ3n) is 3.38. The van der Waals surface area contributed by atoms with E-state index in [0.717, 1.165) is 32.7 Å². The lowest BCUT2D eigenvalue weighted by Crippen LogP contribution is -2.31. The predicted octanol–water partition coefficient (Wildman–Crippen LogP) is 2.02. The number of ether oxygens (including phenoxy) is 1. The van der Waals surface area contributed by atoms with Crippen molar-refractivity contribution in [3.05, 3.63) is 29.8 Å². The molecule has 1 aliphatic rings.